The smallest absolute Gasteiger partial charge is 0.267 e. The third-order valence-electron chi connectivity index (χ3n) is 5.00. The number of nitrogens with zero attached hydrogens (tertiary/aromatic N) is 4. The molecule has 0 aliphatic heterocycles. The van der Waals surface area contributed by atoms with E-state index in [1.54, 1.807) is 6.07 Å². The van der Waals surface area contributed by atoms with Gasteiger partial charge in [-0.3, -0.25) is 9.36 Å². The molecule has 10 nitrogen and oxygen atoms in total. The largest absolute Gasteiger partial charge is 0.382 e. The van der Waals surface area contributed by atoms with Gasteiger partial charge in [-0.25, -0.2) is 22.2 Å². The molecule has 0 amide bonds. The summed E-state index contributed by atoms with van der Waals surface area (Å²) in [4.78, 5) is 25.2. The van der Waals surface area contributed by atoms with Crippen LogP contribution in [0.4, 0.5) is 26.4 Å². The molecule has 1 atom stereocenters. The predicted molar refractivity (Wildman–Crippen MR) is 128 cm³/mol. The van der Waals surface area contributed by atoms with Gasteiger partial charge in [-0.15, -0.1) is 0 Å². The average molecular weight is 522 g/mol. The Bertz CT molecular complexity index is 1640. The monoisotopic (exact) mass is 521 g/mol. The van der Waals surface area contributed by atoms with Gasteiger partial charge in [0, 0.05) is 12.3 Å². The number of fused-ring (bicyclic) bond motifs is 1. The first-order valence-electron chi connectivity index (χ1n) is 9.94. The number of anilines is 3. The summed E-state index contributed by atoms with van der Waals surface area (Å²) in [5.74, 6) is -2.78. The highest BCUT2D eigenvalue weighted by atomic mass is 35.5. The van der Waals surface area contributed by atoms with Crippen molar-refractivity contribution in [1.82, 2.24) is 19.5 Å². The fraction of sp³-hybridized carbons (Fsp3) is 0.143. The minimum atomic E-state index is -3.90. The highest BCUT2D eigenvalue weighted by Gasteiger charge is 2.25. The van der Waals surface area contributed by atoms with E-state index in [2.05, 4.69) is 20.3 Å². The Morgan fingerprint density at radius 1 is 1.09 bits per heavy atom. The lowest BCUT2D eigenvalue weighted by Crippen LogP contribution is -2.28. The molecule has 0 bridgehead atoms. The van der Waals surface area contributed by atoms with Gasteiger partial charge in [-0.2, -0.15) is 9.97 Å². The zero-order valence-corrected chi connectivity index (χ0v) is 19.8. The van der Waals surface area contributed by atoms with Gasteiger partial charge in [-0.1, -0.05) is 17.7 Å². The first-order valence-corrected chi connectivity index (χ1v) is 12.2. The van der Waals surface area contributed by atoms with E-state index < -0.39 is 38.0 Å². The molecule has 0 fully saturated rings. The van der Waals surface area contributed by atoms with Crippen molar-refractivity contribution in [2.75, 3.05) is 23.0 Å². The quantitative estimate of drug-likeness (QED) is 0.359. The second-order valence-corrected chi connectivity index (χ2v) is 10.0. The predicted octanol–water partition coefficient (Wildman–Crippen LogP) is 2.85. The van der Waals surface area contributed by atoms with E-state index in [1.807, 2.05) is 0 Å². The number of nitrogens with one attached hydrogen (secondary N) is 1. The summed E-state index contributed by atoms with van der Waals surface area (Å²) in [7, 11) is -3.90. The number of benzene rings is 2. The van der Waals surface area contributed by atoms with Gasteiger partial charge < -0.3 is 16.8 Å². The van der Waals surface area contributed by atoms with Crippen molar-refractivity contribution in [3.05, 3.63) is 69.2 Å². The normalized spacial score (nSPS) is 12.6. The summed E-state index contributed by atoms with van der Waals surface area (Å²) in [5, 5.41) is 2.95. The Hall–Kier alpha value is -3.84. The van der Waals surface area contributed by atoms with Crippen LogP contribution in [0.2, 0.25) is 5.02 Å². The fourth-order valence-electron chi connectivity index (χ4n) is 3.63. The van der Waals surface area contributed by atoms with E-state index in [9.17, 15) is 22.0 Å². The average Bonchev–Trinajstić information content (AvgIpc) is 2.71. The first-order chi connectivity index (χ1) is 16.4. The van der Waals surface area contributed by atoms with E-state index in [0.29, 0.717) is 6.07 Å². The molecule has 2 aromatic heterocycles. The topological polar surface area (TPSA) is 159 Å². The lowest BCUT2D eigenvalue weighted by molar-refractivity contribution is 0.579. The van der Waals surface area contributed by atoms with Crippen LogP contribution in [0.1, 0.15) is 18.8 Å². The van der Waals surface area contributed by atoms with Gasteiger partial charge in [0.05, 0.1) is 27.7 Å². The second-order valence-electron chi connectivity index (χ2n) is 7.66. The van der Waals surface area contributed by atoms with Gasteiger partial charge >= 0.3 is 0 Å². The summed E-state index contributed by atoms with van der Waals surface area (Å²) < 4.78 is 53.8. The molecular formula is C21H18ClF2N7O3S. The lowest BCUT2D eigenvalue weighted by Gasteiger charge is -2.21. The Labute approximate surface area is 202 Å². The maximum Gasteiger partial charge on any atom is 0.267 e. The van der Waals surface area contributed by atoms with Crippen molar-refractivity contribution in [3.8, 4) is 5.69 Å². The Morgan fingerprint density at radius 2 is 1.74 bits per heavy atom. The summed E-state index contributed by atoms with van der Waals surface area (Å²) in [6.07, 6.45) is 0.913. The van der Waals surface area contributed by atoms with Gasteiger partial charge in [0.2, 0.25) is 5.95 Å². The molecular weight excluding hydrogens is 504 g/mol. The summed E-state index contributed by atoms with van der Waals surface area (Å²) in [5.41, 5.74) is 10.8. The third-order valence-corrected chi connectivity index (χ3v) is 6.46. The zero-order valence-electron chi connectivity index (χ0n) is 18.3. The SMILES string of the molecule is CC(Nc1nc(N)nc(N)c1S(C)(=O)=O)c1nc2cccc(Cl)c2c(=O)n1-c1cc(F)cc(F)c1. The fourth-order valence-corrected chi connectivity index (χ4v) is 4.77. The van der Waals surface area contributed by atoms with Crippen LogP contribution >= 0.6 is 11.6 Å². The molecule has 2 aromatic carbocycles. The van der Waals surface area contributed by atoms with Crippen molar-refractivity contribution >= 4 is 49.9 Å². The Kier molecular flexibility index (Phi) is 6.07. The number of hydrogen-bond acceptors (Lipinski definition) is 9. The molecule has 4 rings (SSSR count). The van der Waals surface area contributed by atoms with Crippen LogP contribution in [0, 0.1) is 11.6 Å². The molecule has 0 aliphatic carbocycles. The number of rotatable bonds is 5. The molecule has 0 spiro atoms. The van der Waals surface area contributed by atoms with Crippen LogP contribution < -0.4 is 22.3 Å². The molecule has 2 heterocycles. The van der Waals surface area contributed by atoms with Crippen molar-refractivity contribution in [3.63, 3.8) is 0 Å². The molecule has 4 aromatic rings. The number of hydrogen-bond donors (Lipinski definition) is 3. The second kappa shape index (κ2) is 8.74. The van der Waals surface area contributed by atoms with E-state index in [-0.39, 0.29) is 45.0 Å². The number of sulfone groups is 1. The van der Waals surface area contributed by atoms with Crippen LogP contribution in [-0.2, 0) is 9.84 Å². The summed E-state index contributed by atoms with van der Waals surface area (Å²) in [6.45, 7) is 1.53. The van der Waals surface area contributed by atoms with Crippen LogP contribution in [0.3, 0.4) is 0 Å². The van der Waals surface area contributed by atoms with Gasteiger partial charge in [0.1, 0.15) is 23.3 Å². The van der Waals surface area contributed by atoms with E-state index >= 15 is 0 Å². The molecule has 0 radical (unpaired) electrons. The lowest BCUT2D eigenvalue weighted by atomic mass is 10.2. The van der Waals surface area contributed by atoms with E-state index in [0.717, 1.165) is 23.0 Å². The summed E-state index contributed by atoms with van der Waals surface area (Å²) >= 11 is 6.22. The number of nitrogen functional groups attached to an aromatic ring is 2. The van der Waals surface area contributed by atoms with Crippen molar-refractivity contribution in [1.29, 1.82) is 0 Å². The highest BCUT2D eigenvalue weighted by Crippen LogP contribution is 2.30. The maximum atomic E-state index is 14.1. The maximum absolute atomic E-state index is 14.1. The molecule has 5 N–H and O–H groups in total. The van der Waals surface area contributed by atoms with Crippen LogP contribution in [-0.4, -0.2) is 34.2 Å². The highest BCUT2D eigenvalue weighted by molar-refractivity contribution is 7.91. The Balaban J connectivity index is 1.99. The van der Waals surface area contributed by atoms with Crippen LogP contribution in [0.25, 0.3) is 16.6 Å². The van der Waals surface area contributed by atoms with Gasteiger partial charge in [0.25, 0.3) is 5.56 Å². The molecule has 182 valence electrons. The summed E-state index contributed by atoms with van der Waals surface area (Å²) in [6, 6.07) is 6.21. The number of halogens is 3. The molecule has 0 saturated carbocycles. The van der Waals surface area contributed by atoms with Crippen molar-refractivity contribution in [2.24, 2.45) is 0 Å². The zero-order chi connectivity index (χ0) is 25.7. The molecule has 14 heteroatoms. The van der Waals surface area contributed by atoms with Gasteiger partial charge in [0.15, 0.2) is 20.6 Å². The Morgan fingerprint density at radius 3 is 2.37 bits per heavy atom. The van der Waals surface area contributed by atoms with Crippen LogP contribution in [0.15, 0.2) is 46.1 Å². The molecule has 0 aliphatic rings. The van der Waals surface area contributed by atoms with Gasteiger partial charge in [-0.05, 0) is 31.2 Å². The minimum absolute atomic E-state index is 0.0232. The molecule has 0 saturated heterocycles. The van der Waals surface area contributed by atoms with Crippen molar-refractivity contribution in [2.45, 2.75) is 17.9 Å². The number of nitrogens with two attached hydrogens (primary N) is 2. The molecule has 35 heavy (non-hydrogen) atoms. The van der Waals surface area contributed by atoms with Crippen molar-refractivity contribution < 1.29 is 17.2 Å². The first kappa shape index (κ1) is 24.3. The van der Waals surface area contributed by atoms with E-state index in [4.69, 9.17) is 23.1 Å². The number of aromatic nitrogens is 4. The van der Waals surface area contributed by atoms with Crippen LogP contribution in [0.5, 0.6) is 0 Å². The standard InChI is InChI=1S/C21H18ClF2N7O3S/c1-9(27-18-16(35(2,33)34)17(25)29-21(26)30-18)19-28-14-5-3-4-13(22)15(14)20(32)31(19)12-7-10(23)6-11(24)8-12/h3-9H,1-2H3,(H5,25,26,27,29,30). The minimum Gasteiger partial charge on any atom is -0.382 e. The van der Waals surface area contributed by atoms with E-state index in [1.165, 1.54) is 19.1 Å². The molecule has 1 unspecified atom stereocenters. The third kappa shape index (κ3) is 4.59.